The second-order valence-electron chi connectivity index (χ2n) is 8.72. The quantitative estimate of drug-likeness (QED) is 0.281. The Hall–Kier alpha value is -4.39. The van der Waals surface area contributed by atoms with E-state index < -0.39 is 11.5 Å². The molecule has 7 nitrogen and oxygen atoms in total. The van der Waals surface area contributed by atoms with Crippen molar-refractivity contribution in [3.63, 3.8) is 0 Å². The number of benzene rings is 2. The Kier molecular flexibility index (Phi) is 8.03. The Morgan fingerprint density at radius 1 is 1.00 bits per heavy atom. The second kappa shape index (κ2) is 11.6. The number of nitrogens with zero attached hydrogens (tertiary/aromatic N) is 2. The van der Waals surface area contributed by atoms with Gasteiger partial charge in [-0.15, -0.1) is 0 Å². The summed E-state index contributed by atoms with van der Waals surface area (Å²) in [5.41, 5.74) is 0.272. The Labute approximate surface area is 216 Å². The number of aliphatic imine (C=N–C) groups is 1. The van der Waals surface area contributed by atoms with Crippen LogP contribution in [0.15, 0.2) is 102 Å². The summed E-state index contributed by atoms with van der Waals surface area (Å²) < 4.78 is 18.4. The highest BCUT2D eigenvalue weighted by molar-refractivity contribution is 6.11. The fourth-order valence-corrected chi connectivity index (χ4v) is 4.31. The van der Waals surface area contributed by atoms with Gasteiger partial charge in [-0.05, 0) is 29.8 Å². The van der Waals surface area contributed by atoms with E-state index in [4.69, 9.17) is 19.2 Å². The third-order valence-electron chi connectivity index (χ3n) is 6.39. The fraction of sp³-hybridized carbons (Fsp3) is 0.233. The molecule has 0 radical (unpaired) electrons. The van der Waals surface area contributed by atoms with Gasteiger partial charge in [0.25, 0.3) is 0 Å². The molecule has 1 aromatic heterocycles. The van der Waals surface area contributed by atoms with E-state index in [-0.39, 0.29) is 24.1 Å². The average molecular weight is 499 g/mol. The molecule has 190 valence electrons. The monoisotopic (exact) mass is 498 g/mol. The number of hydrogen-bond donors (Lipinski definition) is 0. The van der Waals surface area contributed by atoms with Gasteiger partial charge in [-0.3, -0.25) is 9.36 Å². The van der Waals surface area contributed by atoms with E-state index in [0.717, 1.165) is 5.56 Å². The molecule has 2 atom stereocenters. The van der Waals surface area contributed by atoms with Crippen LogP contribution in [0.3, 0.4) is 0 Å². The zero-order valence-corrected chi connectivity index (χ0v) is 21.2. The molecule has 37 heavy (non-hydrogen) atoms. The number of hydrogen-bond acceptors (Lipinski definition) is 6. The number of methoxy groups -OCH3 is 2. The first-order valence-corrected chi connectivity index (χ1v) is 12.1. The van der Waals surface area contributed by atoms with Crippen LogP contribution in [0.5, 0.6) is 11.5 Å². The highest BCUT2D eigenvalue weighted by Crippen LogP contribution is 2.39. The third kappa shape index (κ3) is 5.56. The molecule has 0 spiro atoms. The van der Waals surface area contributed by atoms with E-state index in [9.17, 15) is 9.59 Å². The maximum atomic E-state index is 13.5. The van der Waals surface area contributed by atoms with Crippen LogP contribution in [-0.2, 0) is 16.0 Å². The van der Waals surface area contributed by atoms with E-state index in [0.29, 0.717) is 23.5 Å². The van der Waals surface area contributed by atoms with Crippen molar-refractivity contribution >= 4 is 17.8 Å². The Morgan fingerprint density at radius 3 is 2.32 bits per heavy atom. The fourth-order valence-electron chi connectivity index (χ4n) is 4.31. The van der Waals surface area contributed by atoms with E-state index in [2.05, 4.69) is 0 Å². The third-order valence-corrected chi connectivity index (χ3v) is 6.39. The van der Waals surface area contributed by atoms with Crippen molar-refractivity contribution in [2.24, 2.45) is 10.9 Å². The zero-order chi connectivity index (χ0) is 26.3. The van der Waals surface area contributed by atoms with Gasteiger partial charge >= 0.3 is 5.97 Å². The van der Waals surface area contributed by atoms with Crippen molar-refractivity contribution < 1.29 is 23.8 Å². The number of cyclic esters (lactones) is 1. The van der Waals surface area contributed by atoms with Crippen LogP contribution in [0.4, 0.5) is 0 Å². The summed E-state index contributed by atoms with van der Waals surface area (Å²) in [6.07, 6.45) is 11.4. The molecule has 1 aliphatic heterocycles. The highest BCUT2D eigenvalue weighted by atomic mass is 16.6. The number of rotatable bonds is 10. The van der Waals surface area contributed by atoms with Gasteiger partial charge in [0, 0.05) is 31.2 Å². The van der Waals surface area contributed by atoms with Gasteiger partial charge in [0.1, 0.15) is 17.1 Å². The predicted octanol–water partition coefficient (Wildman–Crippen LogP) is 5.27. The van der Waals surface area contributed by atoms with Gasteiger partial charge in [0.05, 0.1) is 14.2 Å². The number of carbonyl (C=O) groups excluding carboxylic acids is 2. The molecule has 1 aliphatic rings. The minimum absolute atomic E-state index is 0.0254. The van der Waals surface area contributed by atoms with Gasteiger partial charge in [-0.25, -0.2) is 9.79 Å². The number of carbonyl (C=O) groups is 2. The standard InChI is InChI=1S/C30H30N2O5/c1-22(13-6-4-9-18-26(33)32-19-10-11-20-32)30(21-23-14-7-5-8-15-23)29(34)37-28(31-30)27-24(35-2)16-12-17-25(27)36-3/h4-17,19-20,22H,18,21H2,1-3H3/b9-4+,13-6+/t22-,30+/m0/s1. The summed E-state index contributed by atoms with van der Waals surface area (Å²) in [4.78, 5) is 30.6. The van der Waals surface area contributed by atoms with Crippen LogP contribution in [0.1, 0.15) is 29.3 Å². The molecule has 0 unspecified atom stereocenters. The summed E-state index contributed by atoms with van der Waals surface area (Å²) in [6, 6.07) is 18.7. The molecular weight excluding hydrogens is 468 g/mol. The van der Waals surface area contributed by atoms with Crippen LogP contribution in [0.25, 0.3) is 0 Å². The summed E-state index contributed by atoms with van der Waals surface area (Å²) in [6.45, 7) is 1.94. The van der Waals surface area contributed by atoms with Gasteiger partial charge in [0.15, 0.2) is 5.54 Å². The summed E-state index contributed by atoms with van der Waals surface area (Å²) in [5, 5.41) is 0. The topological polar surface area (TPSA) is 79.1 Å². The van der Waals surface area contributed by atoms with Crippen LogP contribution in [0, 0.1) is 5.92 Å². The largest absolute Gasteiger partial charge is 0.496 e. The second-order valence-corrected chi connectivity index (χ2v) is 8.72. The molecule has 0 saturated carbocycles. The molecular formula is C30H30N2O5. The number of aromatic nitrogens is 1. The van der Waals surface area contributed by atoms with Crippen LogP contribution >= 0.6 is 0 Å². The van der Waals surface area contributed by atoms with Crippen LogP contribution in [0.2, 0.25) is 0 Å². The SMILES string of the molecule is COc1cccc(OC)c1C1=N[C@](Cc2ccccc2)([C@@H](C)/C=C/C=C/CC(=O)n2cccc2)C(=O)O1. The average Bonchev–Trinajstić information content (AvgIpc) is 3.57. The van der Waals surface area contributed by atoms with E-state index in [1.807, 2.05) is 67.6 Å². The van der Waals surface area contributed by atoms with Gasteiger partial charge in [-0.2, -0.15) is 0 Å². The van der Waals surface area contributed by atoms with Crippen molar-refractivity contribution in [2.75, 3.05) is 14.2 Å². The lowest BCUT2D eigenvalue weighted by Crippen LogP contribution is -2.42. The van der Waals surface area contributed by atoms with Crippen LogP contribution < -0.4 is 9.47 Å². The van der Waals surface area contributed by atoms with Gasteiger partial charge < -0.3 is 14.2 Å². The van der Waals surface area contributed by atoms with Crippen molar-refractivity contribution in [3.8, 4) is 11.5 Å². The van der Waals surface area contributed by atoms with E-state index in [1.165, 1.54) is 0 Å². The lowest BCUT2D eigenvalue weighted by Gasteiger charge is -2.27. The molecule has 0 bridgehead atoms. The lowest BCUT2D eigenvalue weighted by molar-refractivity contribution is -0.140. The molecule has 2 heterocycles. The van der Waals surface area contributed by atoms with Crippen LogP contribution in [-0.4, -0.2) is 42.1 Å². The molecule has 0 saturated heterocycles. The van der Waals surface area contributed by atoms with Gasteiger partial charge in [0.2, 0.25) is 11.8 Å². The molecule has 4 rings (SSSR count). The van der Waals surface area contributed by atoms with E-state index in [1.54, 1.807) is 55.5 Å². The summed E-state index contributed by atoms with van der Waals surface area (Å²) in [5.74, 6) is 0.386. The minimum Gasteiger partial charge on any atom is -0.496 e. The normalized spacial score (nSPS) is 18.1. The van der Waals surface area contributed by atoms with Gasteiger partial charge in [-0.1, -0.05) is 67.6 Å². The maximum absolute atomic E-state index is 13.5. The van der Waals surface area contributed by atoms with Crippen molar-refractivity contribution in [1.29, 1.82) is 0 Å². The number of allylic oxidation sites excluding steroid dienone is 3. The van der Waals surface area contributed by atoms with E-state index >= 15 is 0 Å². The number of esters is 1. The van der Waals surface area contributed by atoms with Crippen molar-refractivity contribution in [1.82, 2.24) is 4.57 Å². The molecule has 0 N–H and O–H groups in total. The molecule has 0 fully saturated rings. The Bertz CT molecular complexity index is 1300. The zero-order valence-electron chi connectivity index (χ0n) is 21.2. The Morgan fingerprint density at radius 2 is 1.68 bits per heavy atom. The maximum Gasteiger partial charge on any atom is 0.341 e. The first kappa shape index (κ1) is 25.7. The van der Waals surface area contributed by atoms with Crippen molar-refractivity contribution in [2.45, 2.75) is 25.3 Å². The lowest BCUT2D eigenvalue weighted by atomic mass is 9.80. The van der Waals surface area contributed by atoms with Crippen molar-refractivity contribution in [3.05, 3.63) is 108 Å². The molecule has 0 aliphatic carbocycles. The smallest absolute Gasteiger partial charge is 0.341 e. The summed E-state index contributed by atoms with van der Waals surface area (Å²) >= 11 is 0. The molecule has 3 aromatic rings. The molecule has 2 aromatic carbocycles. The molecule has 0 amide bonds. The first-order chi connectivity index (χ1) is 18.0. The Balaban J connectivity index is 1.64. The predicted molar refractivity (Wildman–Crippen MR) is 142 cm³/mol. The number of ether oxygens (including phenoxy) is 3. The molecule has 7 heteroatoms. The first-order valence-electron chi connectivity index (χ1n) is 12.1. The summed E-state index contributed by atoms with van der Waals surface area (Å²) in [7, 11) is 3.09. The minimum atomic E-state index is -1.19. The highest BCUT2D eigenvalue weighted by Gasteiger charge is 2.50.